The summed E-state index contributed by atoms with van der Waals surface area (Å²) in [4.78, 5) is 46.4. The molecule has 1 atom stereocenters. The highest BCUT2D eigenvalue weighted by Crippen LogP contribution is 2.38. The Morgan fingerprint density at radius 2 is 1.71 bits per heavy atom. The van der Waals surface area contributed by atoms with Crippen molar-refractivity contribution in [1.82, 2.24) is 20.0 Å². The van der Waals surface area contributed by atoms with E-state index in [1.165, 1.54) is 23.9 Å². The van der Waals surface area contributed by atoms with Gasteiger partial charge in [0.2, 0.25) is 11.8 Å². The predicted octanol–water partition coefficient (Wildman–Crippen LogP) is 4.61. The summed E-state index contributed by atoms with van der Waals surface area (Å²) in [5.74, 6) is -0.610. The number of carbonyl (C=O) groups is 3. The fourth-order valence-corrected chi connectivity index (χ4v) is 5.23. The zero-order valence-corrected chi connectivity index (χ0v) is 23.7. The molecule has 226 valence electrons. The summed E-state index contributed by atoms with van der Waals surface area (Å²) in [6.45, 7) is 0.598. The quantitative estimate of drug-likeness (QED) is 0.458. The van der Waals surface area contributed by atoms with Crippen LogP contribution >= 0.6 is 11.8 Å². The van der Waals surface area contributed by atoms with E-state index in [0.29, 0.717) is 36.9 Å². The standard InChI is InChI=1S/C26H31F6N5O3S/c1-35(2)21(38)13-19(23(39)36(3)4)33-22-20(41-24(40)34-22)11-15-7-9-37(10-8-15)14-16-5-6-17(25(27,28)29)12-18(16)26(30,31)32/h5-6,11-12,15,19H,7-10,13-14H2,1-4H3,(H,33,34,40)/b20-11-/t19-/m0/s1. The zero-order valence-electron chi connectivity index (χ0n) is 22.9. The van der Waals surface area contributed by atoms with Crippen LogP contribution in [0, 0.1) is 5.92 Å². The van der Waals surface area contributed by atoms with Crippen LogP contribution in [-0.2, 0) is 28.5 Å². The maximum absolute atomic E-state index is 13.5. The number of carbonyl (C=O) groups excluding carboxylic acids is 3. The van der Waals surface area contributed by atoms with Crippen LogP contribution in [-0.4, -0.2) is 84.9 Å². The molecular weight excluding hydrogens is 576 g/mol. The topological polar surface area (TPSA) is 85.3 Å². The van der Waals surface area contributed by atoms with Crippen LogP contribution in [0.25, 0.3) is 0 Å². The van der Waals surface area contributed by atoms with E-state index >= 15 is 0 Å². The minimum atomic E-state index is -4.93. The molecule has 0 spiro atoms. The summed E-state index contributed by atoms with van der Waals surface area (Å²) in [6, 6.07) is 0.631. The molecule has 1 N–H and O–H groups in total. The maximum atomic E-state index is 13.5. The molecular formula is C26H31F6N5O3S. The normalized spacial score (nSPS) is 19.9. The summed E-state index contributed by atoms with van der Waals surface area (Å²) in [5, 5.41) is 2.21. The van der Waals surface area contributed by atoms with Gasteiger partial charge in [-0.2, -0.15) is 26.3 Å². The number of alkyl halides is 6. The first-order valence-electron chi connectivity index (χ1n) is 12.7. The van der Waals surface area contributed by atoms with Gasteiger partial charge in [0, 0.05) is 34.7 Å². The van der Waals surface area contributed by atoms with Gasteiger partial charge in [0.15, 0.2) is 0 Å². The molecule has 0 aromatic heterocycles. The number of rotatable bonds is 7. The SMILES string of the molecule is CN(C)C(=O)C[C@H](N=C1NC(=O)S/C1=C\C1CCN(Cc2ccc(C(F)(F)F)cc2C(F)(F)F)CC1)C(=O)N(C)C. The fraction of sp³-hybridized carbons (Fsp3) is 0.538. The number of likely N-dealkylation sites (N-methyl/N-ethyl adjacent to an activating group) is 1. The smallest absolute Gasteiger partial charge is 0.349 e. The second-order valence-corrected chi connectivity index (χ2v) is 11.3. The van der Waals surface area contributed by atoms with Crippen LogP contribution in [0.5, 0.6) is 0 Å². The van der Waals surface area contributed by atoms with Gasteiger partial charge in [-0.25, -0.2) is 0 Å². The minimum Gasteiger partial charge on any atom is -0.349 e. The molecule has 3 rings (SSSR count). The number of likely N-dealkylation sites (tertiary alicyclic amines) is 1. The summed E-state index contributed by atoms with van der Waals surface area (Å²) in [6.07, 6.45) is -7.15. The van der Waals surface area contributed by atoms with E-state index in [1.54, 1.807) is 19.0 Å². The van der Waals surface area contributed by atoms with E-state index in [0.717, 1.165) is 17.8 Å². The average molecular weight is 608 g/mol. The molecule has 0 saturated carbocycles. The Labute approximate surface area is 237 Å². The average Bonchev–Trinajstić information content (AvgIpc) is 3.21. The van der Waals surface area contributed by atoms with Crippen molar-refractivity contribution in [3.8, 4) is 0 Å². The second kappa shape index (κ2) is 12.8. The van der Waals surface area contributed by atoms with Crippen LogP contribution in [0.15, 0.2) is 34.2 Å². The number of hydrogen-bond acceptors (Lipinski definition) is 6. The van der Waals surface area contributed by atoms with Crippen LogP contribution in [0.2, 0.25) is 0 Å². The molecule has 8 nitrogen and oxygen atoms in total. The lowest BCUT2D eigenvalue weighted by Gasteiger charge is -2.31. The first-order valence-corrected chi connectivity index (χ1v) is 13.5. The second-order valence-electron chi connectivity index (χ2n) is 10.2. The third-order valence-corrected chi connectivity index (χ3v) is 7.53. The first kappa shape index (κ1) is 32.4. The molecule has 41 heavy (non-hydrogen) atoms. The van der Waals surface area contributed by atoms with Crippen LogP contribution in [0.1, 0.15) is 36.0 Å². The largest absolute Gasteiger partial charge is 0.416 e. The molecule has 2 saturated heterocycles. The summed E-state index contributed by atoms with van der Waals surface area (Å²) in [5.41, 5.74) is -2.89. The third-order valence-electron chi connectivity index (χ3n) is 6.69. The molecule has 0 bridgehead atoms. The van der Waals surface area contributed by atoms with Gasteiger partial charge < -0.3 is 15.1 Å². The molecule has 0 aliphatic carbocycles. The number of amides is 3. The Hall–Kier alpha value is -3.07. The van der Waals surface area contributed by atoms with Crippen LogP contribution in [0.4, 0.5) is 31.1 Å². The minimum absolute atomic E-state index is 0.0623. The number of aliphatic imine (C=N–C) groups is 1. The van der Waals surface area contributed by atoms with Crippen molar-refractivity contribution < 1.29 is 40.7 Å². The van der Waals surface area contributed by atoms with Crippen molar-refractivity contribution in [2.45, 2.75) is 44.2 Å². The highest BCUT2D eigenvalue weighted by molar-refractivity contribution is 8.18. The summed E-state index contributed by atoms with van der Waals surface area (Å²) in [7, 11) is 6.17. The molecule has 2 fully saturated rings. The Balaban J connectivity index is 1.74. The van der Waals surface area contributed by atoms with Crippen molar-refractivity contribution in [3.63, 3.8) is 0 Å². The number of nitrogens with zero attached hydrogens (tertiary/aromatic N) is 4. The molecule has 1 aromatic rings. The number of allylic oxidation sites excluding steroid dienone is 1. The van der Waals surface area contributed by atoms with Gasteiger partial charge in [0.05, 0.1) is 22.5 Å². The highest BCUT2D eigenvalue weighted by Gasteiger charge is 2.38. The number of hydrogen-bond donors (Lipinski definition) is 1. The van der Waals surface area contributed by atoms with E-state index in [9.17, 15) is 40.7 Å². The number of benzene rings is 1. The first-order chi connectivity index (χ1) is 19.0. The van der Waals surface area contributed by atoms with Crippen molar-refractivity contribution in [3.05, 3.63) is 45.9 Å². The zero-order chi connectivity index (χ0) is 30.7. The Morgan fingerprint density at radius 1 is 1.07 bits per heavy atom. The molecule has 2 aliphatic rings. The van der Waals surface area contributed by atoms with E-state index in [2.05, 4.69) is 10.3 Å². The molecule has 3 amide bonds. The lowest BCUT2D eigenvalue weighted by molar-refractivity contribution is -0.143. The van der Waals surface area contributed by atoms with E-state index < -0.39 is 40.7 Å². The Bertz CT molecular complexity index is 1220. The van der Waals surface area contributed by atoms with Crippen molar-refractivity contribution in [2.75, 3.05) is 41.3 Å². The van der Waals surface area contributed by atoms with Crippen molar-refractivity contribution >= 4 is 34.7 Å². The number of halogens is 6. The lowest BCUT2D eigenvalue weighted by Crippen LogP contribution is -2.38. The van der Waals surface area contributed by atoms with Crippen LogP contribution in [0.3, 0.4) is 0 Å². The van der Waals surface area contributed by atoms with Gasteiger partial charge in [-0.05, 0) is 61.3 Å². The number of piperidine rings is 1. The number of amidine groups is 1. The molecule has 2 aliphatic heterocycles. The Morgan fingerprint density at radius 3 is 2.24 bits per heavy atom. The van der Waals surface area contributed by atoms with Crippen LogP contribution < -0.4 is 5.32 Å². The van der Waals surface area contributed by atoms with Gasteiger partial charge in [-0.15, -0.1) is 0 Å². The van der Waals surface area contributed by atoms with E-state index in [1.807, 2.05) is 6.08 Å². The molecule has 1 aromatic carbocycles. The van der Waals surface area contributed by atoms with Crippen molar-refractivity contribution in [1.29, 1.82) is 0 Å². The molecule has 15 heteroatoms. The fourth-order valence-electron chi connectivity index (χ4n) is 4.42. The van der Waals surface area contributed by atoms with Gasteiger partial charge >= 0.3 is 12.4 Å². The van der Waals surface area contributed by atoms with Gasteiger partial charge in [-0.3, -0.25) is 24.3 Å². The highest BCUT2D eigenvalue weighted by atomic mass is 32.2. The van der Waals surface area contributed by atoms with Gasteiger partial charge in [-0.1, -0.05) is 12.1 Å². The van der Waals surface area contributed by atoms with Gasteiger partial charge in [0.25, 0.3) is 5.24 Å². The van der Waals surface area contributed by atoms with E-state index in [4.69, 9.17) is 0 Å². The predicted molar refractivity (Wildman–Crippen MR) is 142 cm³/mol. The Kier molecular flexibility index (Phi) is 10.2. The monoisotopic (exact) mass is 607 g/mol. The molecule has 2 heterocycles. The lowest BCUT2D eigenvalue weighted by atomic mass is 9.95. The third kappa shape index (κ3) is 8.71. The molecule has 0 unspecified atom stereocenters. The molecule has 0 radical (unpaired) electrons. The maximum Gasteiger partial charge on any atom is 0.416 e. The van der Waals surface area contributed by atoms with Crippen molar-refractivity contribution in [2.24, 2.45) is 10.9 Å². The number of thioether (sulfide) groups is 1. The number of nitrogens with one attached hydrogen (secondary N) is 1. The summed E-state index contributed by atoms with van der Waals surface area (Å²) >= 11 is 0.896. The van der Waals surface area contributed by atoms with Gasteiger partial charge in [0.1, 0.15) is 11.9 Å². The van der Waals surface area contributed by atoms with E-state index in [-0.39, 0.29) is 42.3 Å². The summed E-state index contributed by atoms with van der Waals surface area (Å²) < 4.78 is 79.6.